The van der Waals surface area contributed by atoms with Gasteiger partial charge in [0, 0.05) is 18.5 Å². The third kappa shape index (κ3) is 2.38. The molecule has 2 N–H and O–H groups in total. The maximum Gasteiger partial charge on any atom is 0.195 e. The van der Waals surface area contributed by atoms with E-state index in [2.05, 4.69) is 11.1 Å². The second-order valence-corrected chi connectivity index (χ2v) is 4.30. The Bertz CT molecular complexity index is 547. The first kappa shape index (κ1) is 12.6. The van der Waals surface area contributed by atoms with Gasteiger partial charge in [-0.3, -0.25) is 0 Å². The molecule has 18 heavy (non-hydrogen) atoms. The Morgan fingerprint density at radius 2 is 2.06 bits per heavy atom. The van der Waals surface area contributed by atoms with Gasteiger partial charge >= 0.3 is 0 Å². The fraction of sp³-hybridized carbons (Fsp3) is 0.357. The second-order valence-electron chi connectivity index (χ2n) is 4.30. The van der Waals surface area contributed by atoms with Crippen molar-refractivity contribution in [3.63, 3.8) is 0 Å². The van der Waals surface area contributed by atoms with Crippen molar-refractivity contribution >= 4 is 0 Å². The number of nitrogens with two attached hydrogens (primary N) is 1. The van der Waals surface area contributed by atoms with E-state index in [1.54, 1.807) is 13.4 Å². The lowest BCUT2D eigenvalue weighted by Gasteiger charge is -2.09. The molecule has 0 spiro atoms. The van der Waals surface area contributed by atoms with Crippen LogP contribution in [-0.4, -0.2) is 18.6 Å². The van der Waals surface area contributed by atoms with Crippen LogP contribution in [0, 0.1) is 13.8 Å². The number of oxazole rings is 1. The molecule has 1 aromatic carbocycles. The molecule has 0 aliphatic heterocycles. The Morgan fingerprint density at radius 1 is 1.28 bits per heavy atom. The largest absolute Gasteiger partial charge is 0.496 e. The first-order valence-electron chi connectivity index (χ1n) is 5.95. The van der Waals surface area contributed by atoms with Gasteiger partial charge in [0.1, 0.15) is 17.7 Å². The van der Waals surface area contributed by atoms with Crippen LogP contribution in [0.15, 0.2) is 22.8 Å². The third-order valence-corrected chi connectivity index (χ3v) is 2.93. The van der Waals surface area contributed by atoms with Crippen LogP contribution >= 0.6 is 0 Å². The zero-order valence-electron chi connectivity index (χ0n) is 11.0. The molecule has 96 valence electrons. The highest BCUT2D eigenvalue weighted by molar-refractivity contribution is 5.65. The monoisotopic (exact) mass is 246 g/mol. The van der Waals surface area contributed by atoms with Crippen molar-refractivity contribution in [1.82, 2.24) is 4.98 Å². The molecule has 2 aromatic rings. The van der Waals surface area contributed by atoms with E-state index in [-0.39, 0.29) is 0 Å². The molecule has 4 nitrogen and oxygen atoms in total. The van der Waals surface area contributed by atoms with E-state index < -0.39 is 0 Å². The molecule has 0 saturated carbocycles. The van der Waals surface area contributed by atoms with Gasteiger partial charge in [0.25, 0.3) is 0 Å². The number of hydrogen-bond donors (Lipinski definition) is 1. The summed E-state index contributed by atoms with van der Waals surface area (Å²) < 4.78 is 10.7. The Balaban J connectivity index is 2.40. The molecular weight excluding hydrogens is 228 g/mol. The predicted molar refractivity (Wildman–Crippen MR) is 70.7 cm³/mol. The number of rotatable bonds is 4. The lowest BCUT2D eigenvalue weighted by molar-refractivity contribution is 0.411. The Labute approximate surface area is 107 Å². The van der Waals surface area contributed by atoms with E-state index in [1.807, 2.05) is 19.9 Å². The molecule has 0 amide bonds. The van der Waals surface area contributed by atoms with Crippen LogP contribution < -0.4 is 10.5 Å². The van der Waals surface area contributed by atoms with Crippen LogP contribution in [0.5, 0.6) is 5.75 Å². The van der Waals surface area contributed by atoms with Crippen molar-refractivity contribution in [1.29, 1.82) is 0 Å². The normalized spacial score (nSPS) is 10.7. The molecule has 0 bridgehead atoms. The number of aryl methyl sites for hydroxylation is 2. The van der Waals surface area contributed by atoms with Gasteiger partial charge < -0.3 is 14.9 Å². The zero-order valence-corrected chi connectivity index (χ0v) is 11.0. The minimum atomic E-state index is 0.542. The van der Waals surface area contributed by atoms with Gasteiger partial charge in [0.2, 0.25) is 0 Å². The van der Waals surface area contributed by atoms with Gasteiger partial charge in [-0.2, -0.15) is 0 Å². The van der Waals surface area contributed by atoms with Crippen molar-refractivity contribution < 1.29 is 9.15 Å². The molecule has 0 aliphatic rings. The molecule has 0 atom stereocenters. The maximum atomic E-state index is 5.48. The van der Waals surface area contributed by atoms with Gasteiger partial charge in [0.15, 0.2) is 5.89 Å². The fourth-order valence-corrected chi connectivity index (χ4v) is 1.96. The summed E-state index contributed by atoms with van der Waals surface area (Å²) in [5.41, 5.74) is 9.60. The number of aromatic nitrogens is 1. The Hall–Kier alpha value is -1.81. The highest BCUT2D eigenvalue weighted by atomic mass is 16.5. The first-order valence-corrected chi connectivity index (χ1v) is 5.95. The van der Waals surface area contributed by atoms with Gasteiger partial charge in [-0.15, -0.1) is 0 Å². The molecule has 1 heterocycles. The van der Waals surface area contributed by atoms with Gasteiger partial charge in [-0.1, -0.05) is 0 Å². The predicted octanol–water partition coefficient (Wildman–Crippen LogP) is 2.47. The molecule has 0 fully saturated rings. The van der Waals surface area contributed by atoms with Gasteiger partial charge in [0.05, 0.1) is 7.11 Å². The molecule has 0 unspecified atom stereocenters. The lowest BCUT2D eigenvalue weighted by atomic mass is 10.0. The molecule has 1 aromatic heterocycles. The molecule has 4 heteroatoms. The highest BCUT2D eigenvalue weighted by Crippen LogP contribution is 2.29. The zero-order chi connectivity index (χ0) is 13.1. The molecule has 0 saturated heterocycles. The van der Waals surface area contributed by atoms with Crippen LogP contribution in [0.25, 0.3) is 11.3 Å². The number of nitrogens with zero attached hydrogens (tertiary/aromatic N) is 1. The first-order chi connectivity index (χ1) is 8.65. The summed E-state index contributed by atoms with van der Waals surface area (Å²) in [4.78, 5) is 4.44. The van der Waals surface area contributed by atoms with Crippen molar-refractivity contribution in [3.05, 3.63) is 35.4 Å². The second kappa shape index (κ2) is 5.23. The van der Waals surface area contributed by atoms with E-state index in [0.29, 0.717) is 18.9 Å². The van der Waals surface area contributed by atoms with Crippen LogP contribution in [0.4, 0.5) is 0 Å². The summed E-state index contributed by atoms with van der Waals surface area (Å²) in [6.07, 6.45) is 2.34. The minimum absolute atomic E-state index is 0.542. The summed E-state index contributed by atoms with van der Waals surface area (Å²) in [7, 11) is 1.68. The number of ether oxygens (including phenoxy) is 1. The average molecular weight is 246 g/mol. The molecule has 2 rings (SSSR count). The van der Waals surface area contributed by atoms with E-state index >= 15 is 0 Å². The summed E-state index contributed by atoms with van der Waals surface area (Å²) in [5, 5.41) is 0. The van der Waals surface area contributed by atoms with E-state index in [9.17, 15) is 0 Å². The molecule has 0 aliphatic carbocycles. The quantitative estimate of drug-likeness (QED) is 0.900. The van der Waals surface area contributed by atoms with Crippen LogP contribution in [-0.2, 0) is 6.42 Å². The molecular formula is C14H18N2O2. The van der Waals surface area contributed by atoms with Crippen LogP contribution in [0.3, 0.4) is 0 Å². The van der Waals surface area contributed by atoms with Crippen LogP contribution in [0.2, 0.25) is 0 Å². The SMILES string of the molecule is COc1cc(C)c(-c2coc(CCN)n2)cc1C. The maximum absolute atomic E-state index is 5.48. The summed E-state index contributed by atoms with van der Waals surface area (Å²) >= 11 is 0. The van der Waals surface area contributed by atoms with Gasteiger partial charge in [-0.25, -0.2) is 4.98 Å². The summed E-state index contributed by atoms with van der Waals surface area (Å²) in [5.74, 6) is 1.57. The standard InChI is InChI=1S/C14H18N2O2/c1-9-7-13(17-3)10(2)6-11(9)12-8-18-14(16-12)4-5-15/h6-8H,4-5,15H2,1-3H3. The number of hydrogen-bond acceptors (Lipinski definition) is 4. The summed E-state index contributed by atoms with van der Waals surface area (Å²) in [6.45, 7) is 4.60. The van der Waals surface area contributed by atoms with Crippen molar-refractivity contribution in [2.45, 2.75) is 20.3 Å². The Kier molecular flexibility index (Phi) is 3.67. The average Bonchev–Trinajstić information content (AvgIpc) is 2.80. The molecule has 0 radical (unpaired) electrons. The van der Waals surface area contributed by atoms with Crippen molar-refractivity contribution in [2.24, 2.45) is 5.73 Å². The fourth-order valence-electron chi connectivity index (χ4n) is 1.96. The topological polar surface area (TPSA) is 61.3 Å². The number of methoxy groups -OCH3 is 1. The number of benzene rings is 1. The lowest BCUT2D eigenvalue weighted by Crippen LogP contribution is -2.02. The summed E-state index contributed by atoms with van der Waals surface area (Å²) in [6, 6.07) is 4.08. The van der Waals surface area contributed by atoms with Gasteiger partial charge in [-0.05, 0) is 37.1 Å². The van der Waals surface area contributed by atoms with E-state index in [4.69, 9.17) is 14.9 Å². The van der Waals surface area contributed by atoms with Crippen LogP contribution in [0.1, 0.15) is 17.0 Å². The third-order valence-electron chi connectivity index (χ3n) is 2.93. The Morgan fingerprint density at radius 3 is 2.72 bits per heavy atom. The van der Waals surface area contributed by atoms with E-state index in [0.717, 1.165) is 28.1 Å². The smallest absolute Gasteiger partial charge is 0.195 e. The van der Waals surface area contributed by atoms with Crippen molar-refractivity contribution in [2.75, 3.05) is 13.7 Å². The highest BCUT2D eigenvalue weighted by Gasteiger charge is 2.11. The van der Waals surface area contributed by atoms with E-state index in [1.165, 1.54) is 0 Å². The minimum Gasteiger partial charge on any atom is -0.496 e. The van der Waals surface area contributed by atoms with Crippen molar-refractivity contribution in [3.8, 4) is 17.0 Å².